The molecule has 0 aromatic heterocycles. The van der Waals surface area contributed by atoms with Crippen molar-refractivity contribution in [3.63, 3.8) is 0 Å². The highest BCUT2D eigenvalue weighted by atomic mass is 16.4. The summed E-state index contributed by atoms with van der Waals surface area (Å²) in [4.78, 5) is 52.8. The molecule has 0 unspecified atom stereocenters. The van der Waals surface area contributed by atoms with Crippen LogP contribution in [0.5, 0.6) is 0 Å². The average Bonchev–Trinajstić information content (AvgIpc) is 3.62. The third-order valence-electron chi connectivity index (χ3n) is 7.41. The Morgan fingerprint density at radius 2 is 1.46 bits per heavy atom. The zero-order chi connectivity index (χ0) is 27.6. The summed E-state index contributed by atoms with van der Waals surface area (Å²) in [5.41, 5.74) is 1.90. The van der Waals surface area contributed by atoms with E-state index < -0.39 is 24.1 Å². The zero-order valence-electron chi connectivity index (χ0n) is 22.2. The van der Waals surface area contributed by atoms with Crippen LogP contribution in [0.2, 0.25) is 0 Å². The topological polar surface area (TPSA) is 128 Å². The van der Waals surface area contributed by atoms with Gasteiger partial charge in [-0.25, -0.2) is 0 Å². The van der Waals surface area contributed by atoms with Crippen molar-refractivity contribution < 1.29 is 24.3 Å². The standard InChI is InChI=1S/C30H38N4O5/c35-27(32-24(20-28(36)37)18-22-11-5-2-6-12-22)19-23(17-21-9-3-1-4-10-21)33-29(38)26-14-8-16-34(26)30(39)25-13-7-15-31-25/h1-6,9-12,23-26,31H,7-8,13-20H2,(H,32,35)(H,33,38)(H,36,37)/t23-,24-,25-,26-/m0/s1. The van der Waals surface area contributed by atoms with E-state index in [9.17, 15) is 24.3 Å². The van der Waals surface area contributed by atoms with Crippen LogP contribution in [0, 0.1) is 0 Å². The van der Waals surface area contributed by atoms with Gasteiger partial charge >= 0.3 is 5.97 Å². The summed E-state index contributed by atoms with van der Waals surface area (Å²) in [7, 11) is 0. The normalized spacial score (nSPS) is 20.3. The number of carbonyl (C=O) groups is 4. The highest BCUT2D eigenvalue weighted by Crippen LogP contribution is 2.21. The monoisotopic (exact) mass is 534 g/mol. The minimum Gasteiger partial charge on any atom is -0.481 e. The Balaban J connectivity index is 1.42. The van der Waals surface area contributed by atoms with Gasteiger partial charge in [0.1, 0.15) is 6.04 Å². The molecule has 208 valence electrons. The first-order chi connectivity index (χ1) is 18.9. The van der Waals surface area contributed by atoms with E-state index >= 15 is 0 Å². The van der Waals surface area contributed by atoms with Gasteiger partial charge in [0.05, 0.1) is 12.5 Å². The summed E-state index contributed by atoms with van der Waals surface area (Å²) in [6.07, 6.45) is 3.70. The predicted molar refractivity (Wildman–Crippen MR) is 147 cm³/mol. The Morgan fingerprint density at radius 3 is 2.03 bits per heavy atom. The lowest BCUT2D eigenvalue weighted by molar-refractivity contribution is -0.140. The number of nitrogens with one attached hydrogen (secondary N) is 3. The molecule has 0 spiro atoms. The van der Waals surface area contributed by atoms with Gasteiger partial charge in [0.15, 0.2) is 0 Å². The lowest BCUT2D eigenvalue weighted by Crippen LogP contribution is -2.53. The molecule has 0 radical (unpaired) electrons. The van der Waals surface area contributed by atoms with Crippen LogP contribution in [0.1, 0.15) is 49.7 Å². The van der Waals surface area contributed by atoms with E-state index in [2.05, 4.69) is 16.0 Å². The number of likely N-dealkylation sites (tertiary alicyclic amines) is 1. The van der Waals surface area contributed by atoms with Crippen molar-refractivity contribution in [2.45, 2.75) is 75.5 Å². The van der Waals surface area contributed by atoms with Crippen LogP contribution in [0.25, 0.3) is 0 Å². The van der Waals surface area contributed by atoms with Crippen molar-refractivity contribution in [1.82, 2.24) is 20.9 Å². The number of benzene rings is 2. The van der Waals surface area contributed by atoms with Crippen LogP contribution >= 0.6 is 0 Å². The van der Waals surface area contributed by atoms with Gasteiger partial charge in [-0.1, -0.05) is 60.7 Å². The molecule has 0 saturated carbocycles. The molecule has 2 fully saturated rings. The molecule has 9 heteroatoms. The first-order valence-electron chi connectivity index (χ1n) is 13.8. The Labute approximate surface area is 229 Å². The molecule has 0 aliphatic carbocycles. The average molecular weight is 535 g/mol. The van der Waals surface area contributed by atoms with E-state index in [1.165, 1.54) is 0 Å². The number of carboxylic acids is 1. The van der Waals surface area contributed by atoms with Crippen molar-refractivity contribution in [2.24, 2.45) is 0 Å². The molecule has 9 nitrogen and oxygen atoms in total. The molecule has 2 aromatic carbocycles. The molecule has 2 saturated heterocycles. The van der Waals surface area contributed by atoms with Crippen molar-refractivity contribution in [3.05, 3.63) is 71.8 Å². The van der Waals surface area contributed by atoms with Crippen LogP contribution in [-0.2, 0) is 32.0 Å². The van der Waals surface area contributed by atoms with Crippen LogP contribution in [-0.4, -0.2) is 71.0 Å². The van der Waals surface area contributed by atoms with Gasteiger partial charge in [-0.15, -0.1) is 0 Å². The summed E-state index contributed by atoms with van der Waals surface area (Å²) in [6.45, 7) is 1.36. The maximum absolute atomic E-state index is 13.4. The number of amides is 3. The number of hydrogen-bond donors (Lipinski definition) is 4. The molecule has 2 aliphatic rings. The third-order valence-corrected chi connectivity index (χ3v) is 7.41. The number of hydrogen-bond acceptors (Lipinski definition) is 5. The molecule has 2 heterocycles. The molecule has 2 aliphatic heterocycles. The zero-order valence-corrected chi connectivity index (χ0v) is 22.2. The maximum Gasteiger partial charge on any atom is 0.305 e. The van der Waals surface area contributed by atoms with Gasteiger partial charge in [0.2, 0.25) is 17.7 Å². The molecule has 39 heavy (non-hydrogen) atoms. The van der Waals surface area contributed by atoms with Gasteiger partial charge in [-0.3, -0.25) is 19.2 Å². The number of nitrogens with zero attached hydrogens (tertiary/aromatic N) is 1. The number of carboxylic acid groups (broad SMARTS) is 1. The molecule has 4 atom stereocenters. The largest absolute Gasteiger partial charge is 0.481 e. The van der Waals surface area contributed by atoms with E-state index in [4.69, 9.17) is 0 Å². The van der Waals surface area contributed by atoms with E-state index in [-0.39, 0.29) is 36.6 Å². The summed E-state index contributed by atoms with van der Waals surface area (Å²) in [5, 5.41) is 18.5. The van der Waals surface area contributed by atoms with Crippen molar-refractivity contribution in [3.8, 4) is 0 Å². The molecule has 4 rings (SSSR count). The fourth-order valence-corrected chi connectivity index (χ4v) is 5.56. The van der Waals surface area contributed by atoms with Gasteiger partial charge in [0.25, 0.3) is 0 Å². The third kappa shape index (κ3) is 8.38. The second-order valence-corrected chi connectivity index (χ2v) is 10.5. The summed E-state index contributed by atoms with van der Waals surface area (Å²) in [6, 6.07) is 17.2. The second-order valence-electron chi connectivity index (χ2n) is 10.5. The first-order valence-corrected chi connectivity index (χ1v) is 13.8. The highest BCUT2D eigenvalue weighted by molar-refractivity contribution is 5.91. The lowest BCUT2D eigenvalue weighted by Gasteiger charge is -2.29. The summed E-state index contributed by atoms with van der Waals surface area (Å²) in [5.74, 6) is -1.60. The van der Waals surface area contributed by atoms with E-state index in [0.717, 1.165) is 36.9 Å². The maximum atomic E-state index is 13.4. The van der Waals surface area contributed by atoms with Gasteiger partial charge < -0.3 is 26.0 Å². The Hall–Kier alpha value is -3.72. The second kappa shape index (κ2) is 13.9. The van der Waals surface area contributed by atoms with Gasteiger partial charge in [0, 0.05) is 25.0 Å². The Kier molecular flexibility index (Phi) is 10.1. The molecule has 0 bridgehead atoms. The highest BCUT2D eigenvalue weighted by Gasteiger charge is 2.38. The van der Waals surface area contributed by atoms with Crippen molar-refractivity contribution >= 4 is 23.7 Å². The molecular formula is C30H38N4O5. The molecule has 4 N–H and O–H groups in total. The summed E-state index contributed by atoms with van der Waals surface area (Å²) >= 11 is 0. The van der Waals surface area contributed by atoms with Crippen LogP contribution in [0.15, 0.2) is 60.7 Å². The SMILES string of the molecule is O=C(O)C[C@H](Cc1ccccc1)NC(=O)C[C@H](Cc1ccccc1)NC(=O)[C@@H]1CCCN1C(=O)[C@@H]1CCCN1. The Bertz CT molecular complexity index is 1120. The minimum atomic E-state index is -0.992. The molecular weight excluding hydrogens is 496 g/mol. The number of rotatable bonds is 12. The summed E-state index contributed by atoms with van der Waals surface area (Å²) < 4.78 is 0. The number of carbonyl (C=O) groups excluding carboxylic acids is 3. The van der Waals surface area contributed by atoms with Crippen LogP contribution in [0.4, 0.5) is 0 Å². The molecule has 2 aromatic rings. The van der Waals surface area contributed by atoms with Gasteiger partial charge in [-0.05, 0) is 56.2 Å². The lowest BCUT2D eigenvalue weighted by atomic mass is 10.0. The number of aliphatic carboxylic acids is 1. The minimum absolute atomic E-state index is 0.00358. The van der Waals surface area contributed by atoms with E-state index in [1.807, 2.05) is 60.7 Å². The van der Waals surface area contributed by atoms with Crippen molar-refractivity contribution in [1.29, 1.82) is 0 Å². The Morgan fingerprint density at radius 1 is 0.846 bits per heavy atom. The van der Waals surface area contributed by atoms with Crippen LogP contribution in [0.3, 0.4) is 0 Å². The smallest absolute Gasteiger partial charge is 0.305 e. The van der Waals surface area contributed by atoms with E-state index in [1.54, 1.807) is 4.90 Å². The quantitative estimate of drug-likeness (QED) is 0.330. The predicted octanol–water partition coefficient (Wildman–Crippen LogP) is 2.05. The molecule has 3 amide bonds. The van der Waals surface area contributed by atoms with Crippen LogP contribution < -0.4 is 16.0 Å². The van der Waals surface area contributed by atoms with Gasteiger partial charge in [-0.2, -0.15) is 0 Å². The first kappa shape index (κ1) is 28.3. The van der Waals surface area contributed by atoms with E-state index in [0.29, 0.717) is 25.8 Å². The fourth-order valence-electron chi connectivity index (χ4n) is 5.56. The van der Waals surface area contributed by atoms with Crippen molar-refractivity contribution in [2.75, 3.05) is 13.1 Å². The fraction of sp³-hybridized carbons (Fsp3) is 0.467.